The van der Waals surface area contributed by atoms with E-state index in [0.29, 0.717) is 10.9 Å². The Morgan fingerprint density at radius 3 is 2.52 bits per heavy atom. The van der Waals surface area contributed by atoms with Crippen LogP contribution in [0.2, 0.25) is 0 Å². The number of halogens is 3. The molecule has 1 saturated carbocycles. The van der Waals surface area contributed by atoms with Gasteiger partial charge < -0.3 is 4.74 Å². The van der Waals surface area contributed by atoms with Crippen molar-refractivity contribution >= 4 is 64.9 Å². The first kappa shape index (κ1) is 24.6. The van der Waals surface area contributed by atoms with E-state index in [1.165, 1.54) is 11.1 Å². The fourth-order valence-electron chi connectivity index (χ4n) is 4.08. The van der Waals surface area contributed by atoms with Crippen molar-refractivity contribution in [2.24, 2.45) is 5.10 Å². The molecule has 4 rings (SSSR count). The van der Waals surface area contributed by atoms with E-state index in [0.717, 1.165) is 62.7 Å². The van der Waals surface area contributed by atoms with Gasteiger partial charge in [0.2, 0.25) is 0 Å². The lowest BCUT2D eigenvalue weighted by molar-refractivity contribution is 0.214. The van der Waals surface area contributed by atoms with Crippen LogP contribution in [0, 0.1) is 0 Å². The molecule has 0 saturated heterocycles. The van der Waals surface area contributed by atoms with Gasteiger partial charge in [-0.2, -0.15) is 9.78 Å². The van der Waals surface area contributed by atoms with Crippen LogP contribution in [0.15, 0.2) is 53.6 Å². The smallest absolute Gasteiger partial charge is 0.282 e. The Labute approximate surface area is 219 Å². The first-order valence-corrected chi connectivity index (χ1v) is 13.7. The summed E-state index contributed by atoms with van der Waals surface area (Å²) in [6.07, 6.45) is 8.34. The third-order valence-electron chi connectivity index (χ3n) is 6.04. The molecular weight excluding hydrogens is 614 g/mol. The number of nitrogens with zero attached hydrogens (tertiary/aromatic N) is 3. The molecule has 0 spiro atoms. The van der Waals surface area contributed by atoms with E-state index in [-0.39, 0.29) is 17.6 Å². The van der Waals surface area contributed by atoms with Crippen LogP contribution in [-0.4, -0.2) is 22.0 Å². The molecule has 3 aromatic rings. The van der Waals surface area contributed by atoms with Crippen molar-refractivity contribution < 1.29 is 4.74 Å². The molecule has 33 heavy (non-hydrogen) atoms. The number of rotatable bonds is 6. The van der Waals surface area contributed by atoms with Crippen LogP contribution >= 0.6 is 47.8 Å². The van der Waals surface area contributed by atoms with E-state index < -0.39 is 0 Å². The molecule has 2 aromatic carbocycles. The minimum absolute atomic E-state index is 0.108. The summed E-state index contributed by atoms with van der Waals surface area (Å²) < 4.78 is 10.0. The van der Waals surface area contributed by atoms with E-state index >= 15 is 0 Å². The molecule has 174 valence electrons. The number of aromatic nitrogens is 2. The van der Waals surface area contributed by atoms with Gasteiger partial charge in [0.1, 0.15) is 11.6 Å². The Morgan fingerprint density at radius 2 is 1.85 bits per heavy atom. The minimum atomic E-state index is -0.145. The van der Waals surface area contributed by atoms with Crippen LogP contribution in [0.25, 0.3) is 10.9 Å². The molecule has 1 aliphatic rings. The van der Waals surface area contributed by atoms with Crippen LogP contribution in [0.5, 0.6) is 5.75 Å². The Kier molecular flexibility index (Phi) is 8.07. The minimum Gasteiger partial charge on any atom is -0.488 e. The zero-order chi connectivity index (χ0) is 23.5. The quantitative estimate of drug-likeness (QED) is 0.259. The number of hydrogen-bond donors (Lipinski definition) is 0. The molecule has 1 atom stereocenters. The number of hydrogen-bond acceptors (Lipinski definition) is 4. The molecule has 1 heterocycles. The summed E-state index contributed by atoms with van der Waals surface area (Å²) >= 11 is 10.7. The Balaban J connectivity index is 1.77. The molecule has 0 unspecified atom stereocenters. The second kappa shape index (κ2) is 10.8. The summed E-state index contributed by atoms with van der Waals surface area (Å²) in [5.74, 6) is 1.75. The predicted molar refractivity (Wildman–Crippen MR) is 145 cm³/mol. The first-order valence-electron chi connectivity index (χ1n) is 11.3. The second-order valence-corrected chi connectivity index (χ2v) is 11.1. The van der Waals surface area contributed by atoms with Gasteiger partial charge in [0.05, 0.1) is 32.2 Å². The summed E-state index contributed by atoms with van der Waals surface area (Å²) in [5, 5.41) is 5.20. The fourth-order valence-corrected chi connectivity index (χ4v) is 5.85. The average molecular weight is 640 g/mol. The van der Waals surface area contributed by atoms with Crippen LogP contribution < -0.4 is 10.3 Å². The van der Waals surface area contributed by atoms with Gasteiger partial charge in [-0.1, -0.05) is 42.1 Å². The van der Waals surface area contributed by atoms with Gasteiger partial charge in [0.25, 0.3) is 5.56 Å². The Morgan fingerprint density at radius 1 is 1.15 bits per heavy atom. The Bertz CT molecular complexity index is 1230. The monoisotopic (exact) mass is 637 g/mol. The SMILES string of the molecule is CC[C@@H](C)Oc1c(Br)cc(C=Nn2c(C3CCCCC3)nc3ccc(Br)cc3c2=O)cc1Br. The normalized spacial score (nSPS) is 15.9. The highest BCUT2D eigenvalue weighted by atomic mass is 79.9. The average Bonchev–Trinajstić information content (AvgIpc) is 2.81. The first-order chi connectivity index (χ1) is 15.9. The van der Waals surface area contributed by atoms with E-state index in [4.69, 9.17) is 9.72 Å². The largest absolute Gasteiger partial charge is 0.488 e. The number of ether oxygens (including phenoxy) is 1. The van der Waals surface area contributed by atoms with Gasteiger partial charge in [0, 0.05) is 10.4 Å². The fraction of sp³-hybridized carbons (Fsp3) is 0.400. The lowest BCUT2D eigenvalue weighted by atomic mass is 9.88. The molecule has 1 fully saturated rings. The molecule has 0 amide bonds. The maximum absolute atomic E-state index is 13.5. The van der Waals surface area contributed by atoms with E-state index in [1.807, 2.05) is 37.3 Å². The van der Waals surface area contributed by atoms with Crippen LogP contribution in [0.1, 0.15) is 69.7 Å². The van der Waals surface area contributed by atoms with E-state index in [1.54, 1.807) is 6.21 Å². The zero-order valence-corrected chi connectivity index (χ0v) is 23.4. The van der Waals surface area contributed by atoms with E-state index in [9.17, 15) is 4.79 Å². The molecule has 0 bridgehead atoms. The maximum atomic E-state index is 13.5. The highest BCUT2D eigenvalue weighted by Gasteiger charge is 2.22. The van der Waals surface area contributed by atoms with Gasteiger partial charge in [0.15, 0.2) is 0 Å². The van der Waals surface area contributed by atoms with Crippen molar-refractivity contribution in [3.8, 4) is 5.75 Å². The molecule has 0 radical (unpaired) electrons. The van der Waals surface area contributed by atoms with Gasteiger partial charge in [-0.25, -0.2) is 4.98 Å². The zero-order valence-electron chi connectivity index (χ0n) is 18.7. The van der Waals surface area contributed by atoms with Crippen molar-refractivity contribution in [3.05, 3.63) is 65.5 Å². The highest BCUT2D eigenvalue weighted by Crippen LogP contribution is 2.36. The summed E-state index contributed by atoms with van der Waals surface area (Å²) in [5.41, 5.74) is 1.42. The highest BCUT2D eigenvalue weighted by molar-refractivity contribution is 9.11. The topological polar surface area (TPSA) is 56.5 Å². The van der Waals surface area contributed by atoms with E-state index in [2.05, 4.69) is 59.8 Å². The van der Waals surface area contributed by atoms with Crippen molar-refractivity contribution in [3.63, 3.8) is 0 Å². The van der Waals surface area contributed by atoms with Crippen molar-refractivity contribution in [2.45, 2.75) is 64.4 Å². The number of benzene rings is 2. The summed E-state index contributed by atoms with van der Waals surface area (Å²) in [6, 6.07) is 9.52. The maximum Gasteiger partial charge on any atom is 0.282 e. The Hall–Kier alpha value is -1.51. The molecular formula is C25H26Br3N3O2. The van der Waals surface area contributed by atoms with Crippen LogP contribution in [0.3, 0.4) is 0 Å². The molecule has 1 aromatic heterocycles. The van der Waals surface area contributed by atoms with Crippen molar-refractivity contribution in [1.29, 1.82) is 0 Å². The number of fused-ring (bicyclic) bond motifs is 1. The molecule has 0 N–H and O–H groups in total. The predicted octanol–water partition coefficient (Wildman–Crippen LogP) is 7.79. The summed E-state index contributed by atoms with van der Waals surface area (Å²) in [7, 11) is 0. The molecule has 0 aliphatic heterocycles. The van der Waals surface area contributed by atoms with Crippen LogP contribution in [0.4, 0.5) is 0 Å². The third kappa shape index (κ3) is 5.60. The molecule has 5 nitrogen and oxygen atoms in total. The van der Waals surface area contributed by atoms with Crippen LogP contribution in [-0.2, 0) is 0 Å². The van der Waals surface area contributed by atoms with Gasteiger partial charge >= 0.3 is 0 Å². The van der Waals surface area contributed by atoms with Crippen molar-refractivity contribution in [1.82, 2.24) is 9.66 Å². The van der Waals surface area contributed by atoms with Gasteiger partial charge in [-0.3, -0.25) is 4.79 Å². The summed E-state index contributed by atoms with van der Waals surface area (Å²) in [4.78, 5) is 18.4. The lowest BCUT2D eigenvalue weighted by Crippen LogP contribution is -2.25. The van der Waals surface area contributed by atoms with Gasteiger partial charge in [-0.15, -0.1) is 0 Å². The standard InChI is InChI=1S/C25H26Br3N3O2/c1-3-15(2)33-23-20(27)11-16(12-21(23)28)14-29-31-24(17-7-5-4-6-8-17)30-22-10-9-18(26)13-19(22)25(31)32/h9-15,17H,3-8H2,1-2H3/t15-/m1/s1. The molecule has 8 heteroatoms. The van der Waals surface area contributed by atoms with Gasteiger partial charge in [-0.05, 0) is 93.9 Å². The third-order valence-corrected chi connectivity index (χ3v) is 7.71. The second-order valence-electron chi connectivity index (χ2n) is 8.48. The lowest BCUT2D eigenvalue weighted by Gasteiger charge is -2.22. The summed E-state index contributed by atoms with van der Waals surface area (Å²) in [6.45, 7) is 4.13. The molecule has 1 aliphatic carbocycles. The van der Waals surface area contributed by atoms with Crippen molar-refractivity contribution in [2.75, 3.05) is 0 Å².